The highest BCUT2D eigenvalue weighted by Crippen LogP contribution is 2.28. The van der Waals surface area contributed by atoms with Gasteiger partial charge in [0.1, 0.15) is 12.3 Å². The molecule has 0 amide bonds. The van der Waals surface area contributed by atoms with Gasteiger partial charge in [0.25, 0.3) is 0 Å². The van der Waals surface area contributed by atoms with Gasteiger partial charge in [-0.1, -0.05) is 0 Å². The zero-order chi connectivity index (χ0) is 13.4. The van der Waals surface area contributed by atoms with Crippen molar-refractivity contribution in [1.29, 1.82) is 0 Å². The topological polar surface area (TPSA) is 46.9 Å². The standard InChI is InChI=1S/C12H22F2N2O2/c1-15-5-7(13)3-9(15)11(17)12(18)10-4-8(14)6-16(10)2/h7-12,17-18H,3-6H2,1-2H3/t7-,8+,9-,10-,11?,12?/m0/s1. The molecule has 18 heavy (non-hydrogen) atoms. The second-order valence-corrected chi connectivity index (χ2v) is 5.66. The minimum atomic E-state index is -1.03. The molecule has 2 saturated heterocycles. The van der Waals surface area contributed by atoms with Crippen LogP contribution in [-0.2, 0) is 0 Å². The molecule has 2 fully saturated rings. The molecule has 2 N–H and O–H groups in total. The molecule has 0 aromatic rings. The maximum absolute atomic E-state index is 13.3. The minimum Gasteiger partial charge on any atom is -0.389 e. The summed E-state index contributed by atoms with van der Waals surface area (Å²) in [6, 6.07) is -0.774. The second kappa shape index (κ2) is 5.36. The van der Waals surface area contributed by atoms with E-state index in [4.69, 9.17) is 0 Å². The summed E-state index contributed by atoms with van der Waals surface area (Å²) in [5.74, 6) is 0. The van der Waals surface area contributed by atoms with Crippen LogP contribution < -0.4 is 0 Å². The fourth-order valence-electron chi connectivity index (χ4n) is 3.18. The van der Waals surface area contributed by atoms with Crippen LogP contribution in [0.4, 0.5) is 8.78 Å². The van der Waals surface area contributed by atoms with E-state index in [-0.39, 0.29) is 38.0 Å². The van der Waals surface area contributed by atoms with E-state index >= 15 is 0 Å². The van der Waals surface area contributed by atoms with Crippen molar-refractivity contribution in [3.05, 3.63) is 0 Å². The largest absolute Gasteiger partial charge is 0.389 e. The Morgan fingerprint density at radius 1 is 0.889 bits per heavy atom. The van der Waals surface area contributed by atoms with Crippen LogP contribution in [0.5, 0.6) is 0 Å². The first-order valence-corrected chi connectivity index (χ1v) is 6.45. The molecule has 2 aliphatic rings. The molecular weight excluding hydrogens is 242 g/mol. The number of nitrogens with zero attached hydrogens (tertiary/aromatic N) is 2. The quantitative estimate of drug-likeness (QED) is 0.741. The molecule has 6 heteroatoms. The number of aliphatic hydroxyl groups is 2. The van der Waals surface area contributed by atoms with Gasteiger partial charge in [-0.15, -0.1) is 0 Å². The normalized spacial score (nSPS) is 42.3. The number of hydrogen-bond acceptors (Lipinski definition) is 4. The van der Waals surface area contributed by atoms with Crippen molar-refractivity contribution in [3.8, 4) is 0 Å². The van der Waals surface area contributed by atoms with Gasteiger partial charge in [-0.2, -0.15) is 0 Å². The summed E-state index contributed by atoms with van der Waals surface area (Å²) in [5, 5.41) is 20.3. The van der Waals surface area contributed by atoms with Crippen molar-refractivity contribution in [2.45, 2.75) is 49.5 Å². The van der Waals surface area contributed by atoms with Crippen molar-refractivity contribution in [3.63, 3.8) is 0 Å². The third-order valence-corrected chi connectivity index (χ3v) is 4.24. The predicted molar refractivity (Wildman–Crippen MR) is 63.9 cm³/mol. The molecule has 2 unspecified atom stereocenters. The number of aliphatic hydroxyl groups excluding tert-OH is 2. The Labute approximate surface area is 106 Å². The van der Waals surface area contributed by atoms with E-state index in [9.17, 15) is 19.0 Å². The van der Waals surface area contributed by atoms with E-state index in [1.807, 2.05) is 0 Å². The van der Waals surface area contributed by atoms with Crippen LogP contribution in [0.25, 0.3) is 0 Å². The van der Waals surface area contributed by atoms with Gasteiger partial charge in [0.15, 0.2) is 0 Å². The highest BCUT2D eigenvalue weighted by atomic mass is 19.1. The van der Waals surface area contributed by atoms with Crippen molar-refractivity contribution in [2.75, 3.05) is 27.2 Å². The first-order valence-electron chi connectivity index (χ1n) is 6.45. The van der Waals surface area contributed by atoms with Crippen molar-refractivity contribution in [1.82, 2.24) is 9.80 Å². The van der Waals surface area contributed by atoms with Gasteiger partial charge < -0.3 is 10.2 Å². The SMILES string of the molecule is CN1C[C@H](F)C[C@H]1C(O)C(O)[C@@H]1C[C@H](F)CN1C. The first-order chi connectivity index (χ1) is 8.40. The zero-order valence-electron chi connectivity index (χ0n) is 10.8. The number of rotatable bonds is 3. The second-order valence-electron chi connectivity index (χ2n) is 5.66. The van der Waals surface area contributed by atoms with E-state index in [0.717, 1.165) is 0 Å². The highest BCUT2D eigenvalue weighted by Gasteiger charge is 2.43. The number of hydrogen-bond donors (Lipinski definition) is 2. The molecule has 0 saturated carbocycles. The maximum atomic E-state index is 13.3. The Hall–Kier alpha value is -0.300. The lowest BCUT2D eigenvalue weighted by Gasteiger charge is -2.33. The molecule has 2 aliphatic heterocycles. The molecule has 0 aliphatic carbocycles. The molecule has 0 spiro atoms. The van der Waals surface area contributed by atoms with E-state index in [2.05, 4.69) is 0 Å². The van der Waals surface area contributed by atoms with Crippen LogP contribution in [0.2, 0.25) is 0 Å². The van der Waals surface area contributed by atoms with Crippen molar-refractivity contribution in [2.24, 2.45) is 0 Å². The van der Waals surface area contributed by atoms with Gasteiger partial charge in [0, 0.05) is 25.2 Å². The lowest BCUT2D eigenvalue weighted by molar-refractivity contribution is -0.0543. The molecule has 2 rings (SSSR count). The summed E-state index contributed by atoms with van der Waals surface area (Å²) in [4.78, 5) is 3.45. The third-order valence-electron chi connectivity index (χ3n) is 4.24. The van der Waals surface area contributed by atoms with Gasteiger partial charge in [0.2, 0.25) is 0 Å². The summed E-state index contributed by atoms with van der Waals surface area (Å²) >= 11 is 0. The molecule has 4 nitrogen and oxygen atoms in total. The van der Waals surface area contributed by atoms with Gasteiger partial charge in [-0.3, -0.25) is 9.80 Å². The summed E-state index contributed by atoms with van der Waals surface area (Å²) in [6.07, 6.45) is -3.54. The Morgan fingerprint density at radius 3 is 1.44 bits per heavy atom. The number of likely N-dealkylation sites (tertiary alicyclic amines) is 2. The molecule has 0 radical (unpaired) electrons. The Morgan fingerprint density at radius 2 is 1.22 bits per heavy atom. The third kappa shape index (κ3) is 2.66. The Kier molecular flexibility index (Phi) is 4.21. The van der Waals surface area contributed by atoms with Gasteiger partial charge in [-0.25, -0.2) is 8.78 Å². The molecule has 6 atom stereocenters. The Balaban J connectivity index is 1.98. The van der Waals surface area contributed by atoms with E-state index in [1.54, 1.807) is 23.9 Å². The number of halogens is 2. The fraction of sp³-hybridized carbons (Fsp3) is 1.00. The molecule has 0 bridgehead atoms. The Bertz CT molecular complexity index is 267. The minimum absolute atomic E-state index is 0.226. The van der Waals surface area contributed by atoms with E-state index < -0.39 is 24.6 Å². The molecule has 2 heterocycles. The summed E-state index contributed by atoms with van der Waals surface area (Å²) in [5.41, 5.74) is 0. The van der Waals surface area contributed by atoms with E-state index in [1.165, 1.54) is 0 Å². The fourth-order valence-corrected chi connectivity index (χ4v) is 3.18. The summed E-state index contributed by atoms with van der Waals surface area (Å²) in [6.45, 7) is 0.557. The molecule has 0 aromatic heterocycles. The van der Waals surface area contributed by atoms with Gasteiger partial charge in [-0.05, 0) is 26.9 Å². The van der Waals surface area contributed by atoms with Crippen molar-refractivity contribution >= 4 is 0 Å². The van der Waals surface area contributed by atoms with Crippen LogP contribution in [0.3, 0.4) is 0 Å². The van der Waals surface area contributed by atoms with Crippen LogP contribution in [0.1, 0.15) is 12.8 Å². The first kappa shape index (κ1) is 14.1. The number of alkyl halides is 2. The van der Waals surface area contributed by atoms with Crippen LogP contribution in [-0.4, -0.2) is 83.8 Å². The number of likely N-dealkylation sites (N-methyl/N-ethyl adjacent to an activating group) is 2. The predicted octanol–water partition coefficient (Wildman–Crippen LogP) is -0.207. The average molecular weight is 264 g/mol. The lowest BCUT2D eigenvalue weighted by atomic mass is 9.96. The van der Waals surface area contributed by atoms with Crippen LogP contribution in [0.15, 0.2) is 0 Å². The van der Waals surface area contributed by atoms with Crippen LogP contribution >= 0.6 is 0 Å². The van der Waals surface area contributed by atoms with Gasteiger partial charge in [0.05, 0.1) is 12.2 Å². The van der Waals surface area contributed by atoms with Crippen LogP contribution in [0, 0.1) is 0 Å². The van der Waals surface area contributed by atoms with Crippen molar-refractivity contribution < 1.29 is 19.0 Å². The smallest absolute Gasteiger partial charge is 0.114 e. The lowest BCUT2D eigenvalue weighted by Crippen LogP contribution is -2.51. The summed E-state index contributed by atoms with van der Waals surface area (Å²) < 4.78 is 26.5. The molecule has 0 aromatic carbocycles. The highest BCUT2D eigenvalue weighted by molar-refractivity contribution is 4.97. The van der Waals surface area contributed by atoms with Gasteiger partial charge >= 0.3 is 0 Å². The summed E-state index contributed by atoms with van der Waals surface area (Å²) in [7, 11) is 3.47. The van der Waals surface area contributed by atoms with E-state index in [0.29, 0.717) is 0 Å². The molecular formula is C12H22F2N2O2. The molecule has 106 valence electrons. The zero-order valence-corrected chi connectivity index (χ0v) is 10.8. The average Bonchev–Trinajstić information content (AvgIpc) is 2.79. The maximum Gasteiger partial charge on any atom is 0.114 e. The monoisotopic (exact) mass is 264 g/mol.